The van der Waals surface area contributed by atoms with Crippen LogP contribution in [-0.4, -0.2) is 35.4 Å². The fourth-order valence-corrected chi connectivity index (χ4v) is 3.43. The van der Waals surface area contributed by atoms with Crippen molar-refractivity contribution < 1.29 is 14.3 Å². The fourth-order valence-electron chi connectivity index (χ4n) is 3.43. The van der Waals surface area contributed by atoms with E-state index in [1.165, 1.54) is 0 Å². The van der Waals surface area contributed by atoms with E-state index in [2.05, 4.69) is 5.32 Å². The molecule has 0 spiro atoms. The van der Waals surface area contributed by atoms with Crippen molar-refractivity contribution in [1.29, 1.82) is 0 Å². The van der Waals surface area contributed by atoms with Crippen LogP contribution < -0.4 is 10.1 Å². The second-order valence-electron chi connectivity index (χ2n) is 8.18. The molecular weight excluding hydrogens is 388 g/mol. The van der Waals surface area contributed by atoms with Crippen LogP contribution in [0.3, 0.4) is 0 Å². The van der Waals surface area contributed by atoms with E-state index < -0.39 is 6.04 Å². The molecule has 0 unspecified atom stereocenters. The molecule has 0 aliphatic rings. The topological polar surface area (TPSA) is 58.6 Å². The number of rotatable bonds is 10. The minimum Gasteiger partial charge on any atom is -0.483 e. The van der Waals surface area contributed by atoms with Crippen LogP contribution in [0.4, 0.5) is 0 Å². The van der Waals surface area contributed by atoms with Gasteiger partial charge in [-0.25, -0.2) is 0 Å². The van der Waals surface area contributed by atoms with Crippen molar-refractivity contribution in [3.05, 3.63) is 64.7 Å². The van der Waals surface area contributed by atoms with E-state index in [-0.39, 0.29) is 24.5 Å². The molecule has 5 nitrogen and oxygen atoms in total. The lowest BCUT2D eigenvalue weighted by Crippen LogP contribution is -2.51. The third-order valence-electron chi connectivity index (χ3n) is 5.89. The number of benzene rings is 2. The molecule has 2 atom stereocenters. The Labute approximate surface area is 186 Å². The number of amides is 2. The number of hydrogen-bond acceptors (Lipinski definition) is 3. The van der Waals surface area contributed by atoms with Crippen LogP contribution in [0.2, 0.25) is 0 Å². The molecule has 0 heterocycles. The third-order valence-corrected chi connectivity index (χ3v) is 5.89. The number of nitrogens with one attached hydrogen (secondary N) is 1. The van der Waals surface area contributed by atoms with Gasteiger partial charge in [0.2, 0.25) is 5.91 Å². The van der Waals surface area contributed by atoms with Crippen LogP contribution in [-0.2, 0) is 16.1 Å². The largest absolute Gasteiger partial charge is 0.483 e. The van der Waals surface area contributed by atoms with Gasteiger partial charge >= 0.3 is 0 Å². The maximum absolute atomic E-state index is 13.3. The average molecular weight is 425 g/mol. The predicted molar refractivity (Wildman–Crippen MR) is 125 cm³/mol. The second-order valence-corrected chi connectivity index (χ2v) is 8.18. The van der Waals surface area contributed by atoms with Gasteiger partial charge in [-0.2, -0.15) is 0 Å². The van der Waals surface area contributed by atoms with Crippen molar-refractivity contribution in [2.75, 3.05) is 6.61 Å². The normalized spacial score (nSPS) is 12.7. The lowest BCUT2D eigenvalue weighted by molar-refractivity contribution is -0.143. The molecule has 0 bridgehead atoms. The summed E-state index contributed by atoms with van der Waals surface area (Å²) >= 11 is 0. The van der Waals surface area contributed by atoms with Gasteiger partial charge in [0.05, 0.1) is 0 Å². The van der Waals surface area contributed by atoms with Crippen molar-refractivity contribution in [2.45, 2.75) is 73.0 Å². The Kier molecular flexibility index (Phi) is 9.10. The molecule has 0 saturated carbocycles. The molecule has 0 fully saturated rings. The summed E-state index contributed by atoms with van der Waals surface area (Å²) in [5.41, 5.74) is 4.24. The zero-order chi connectivity index (χ0) is 23.0. The van der Waals surface area contributed by atoms with Gasteiger partial charge < -0.3 is 15.0 Å². The van der Waals surface area contributed by atoms with Crippen molar-refractivity contribution >= 4 is 11.8 Å². The Morgan fingerprint density at radius 2 is 1.65 bits per heavy atom. The van der Waals surface area contributed by atoms with E-state index in [0.717, 1.165) is 28.7 Å². The molecule has 0 aliphatic carbocycles. The first-order valence-corrected chi connectivity index (χ1v) is 11.1. The zero-order valence-electron chi connectivity index (χ0n) is 19.7. The first kappa shape index (κ1) is 24.4. The van der Waals surface area contributed by atoms with E-state index in [9.17, 15) is 9.59 Å². The molecule has 168 valence electrons. The first-order valence-electron chi connectivity index (χ1n) is 11.1. The summed E-state index contributed by atoms with van der Waals surface area (Å²) in [7, 11) is 0. The van der Waals surface area contributed by atoms with Crippen LogP contribution in [0.25, 0.3) is 0 Å². The smallest absolute Gasteiger partial charge is 0.261 e. The lowest BCUT2D eigenvalue weighted by atomic mass is 10.1. The summed E-state index contributed by atoms with van der Waals surface area (Å²) in [5.74, 6) is 0.377. The highest BCUT2D eigenvalue weighted by atomic mass is 16.5. The van der Waals surface area contributed by atoms with Gasteiger partial charge in [-0.15, -0.1) is 0 Å². The maximum Gasteiger partial charge on any atom is 0.261 e. The number of carbonyl (C=O) groups excluding carboxylic acids is 2. The fraction of sp³-hybridized carbons (Fsp3) is 0.462. The molecule has 0 radical (unpaired) electrons. The summed E-state index contributed by atoms with van der Waals surface area (Å²) in [6.07, 6.45) is 1.37. The van der Waals surface area contributed by atoms with Gasteiger partial charge in [-0.1, -0.05) is 50.2 Å². The summed E-state index contributed by atoms with van der Waals surface area (Å²) in [6, 6.07) is 13.3. The van der Waals surface area contributed by atoms with E-state index in [1.54, 1.807) is 4.90 Å². The SMILES string of the molecule is CC[C@H](C)NC(=O)[C@H](CC)N(Cc1ccccc1C)C(=O)COc1cccc(C)c1C. The van der Waals surface area contributed by atoms with Crippen LogP contribution >= 0.6 is 0 Å². The number of aryl methyl sites for hydroxylation is 2. The van der Waals surface area contributed by atoms with E-state index in [4.69, 9.17) is 4.74 Å². The molecule has 5 heteroatoms. The summed E-state index contributed by atoms with van der Waals surface area (Å²) in [4.78, 5) is 28.0. The van der Waals surface area contributed by atoms with Gasteiger partial charge in [0.1, 0.15) is 11.8 Å². The number of nitrogens with zero attached hydrogens (tertiary/aromatic N) is 1. The predicted octanol–water partition coefficient (Wildman–Crippen LogP) is 4.71. The van der Waals surface area contributed by atoms with Crippen molar-refractivity contribution in [2.24, 2.45) is 0 Å². The molecule has 2 aromatic rings. The van der Waals surface area contributed by atoms with Gasteiger partial charge in [0.25, 0.3) is 5.91 Å². The van der Waals surface area contributed by atoms with Crippen molar-refractivity contribution in [3.63, 3.8) is 0 Å². The van der Waals surface area contributed by atoms with Gasteiger partial charge in [-0.05, 0) is 68.9 Å². The Morgan fingerprint density at radius 1 is 0.968 bits per heavy atom. The molecule has 0 aliphatic heterocycles. The number of hydrogen-bond donors (Lipinski definition) is 1. The van der Waals surface area contributed by atoms with E-state index in [0.29, 0.717) is 18.7 Å². The quantitative estimate of drug-likeness (QED) is 0.601. The van der Waals surface area contributed by atoms with Crippen LogP contribution in [0.1, 0.15) is 55.9 Å². The van der Waals surface area contributed by atoms with E-state index in [1.807, 2.05) is 84.0 Å². The number of ether oxygens (including phenoxy) is 1. The molecule has 1 N–H and O–H groups in total. The maximum atomic E-state index is 13.3. The zero-order valence-corrected chi connectivity index (χ0v) is 19.7. The summed E-state index contributed by atoms with van der Waals surface area (Å²) in [6.45, 7) is 12.2. The van der Waals surface area contributed by atoms with E-state index >= 15 is 0 Å². The third kappa shape index (κ3) is 6.58. The van der Waals surface area contributed by atoms with Gasteiger partial charge in [0, 0.05) is 12.6 Å². The minimum atomic E-state index is -0.552. The molecular formula is C26H36N2O3. The highest BCUT2D eigenvalue weighted by Gasteiger charge is 2.29. The molecule has 0 saturated heterocycles. The highest BCUT2D eigenvalue weighted by Crippen LogP contribution is 2.21. The Bertz CT molecular complexity index is 894. The Morgan fingerprint density at radius 3 is 2.29 bits per heavy atom. The molecule has 2 amide bonds. The standard InChI is InChI=1S/C26H36N2O3/c1-7-20(5)27-26(30)23(8-2)28(16-22-14-10-9-12-19(22)4)25(29)17-31-24-15-11-13-18(3)21(24)6/h9-15,20,23H,7-8,16-17H2,1-6H3,(H,27,30)/t20-,23-/m0/s1. The molecule has 0 aromatic heterocycles. The van der Waals surface area contributed by atoms with Crippen molar-refractivity contribution in [1.82, 2.24) is 10.2 Å². The van der Waals surface area contributed by atoms with Gasteiger partial charge in [-0.3, -0.25) is 9.59 Å². The average Bonchev–Trinajstić information content (AvgIpc) is 2.75. The number of carbonyl (C=O) groups is 2. The summed E-state index contributed by atoms with van der Waals surface area (Å²) < 4.78 is 5.88. The van der Waals surface area contributed by atoms with Crippen LogP contribution in [0.15, 0.2) is 42.5 Å². The Balaban J connectivity index is 2.26. The molecule has 2 aromatic carbocycles. The first-order chi connectivity index (χ1) is 14.8. The molecule has 2 rings (SSSR count). The van der Waals surface area contributed by atoms with Crippen molar-refractivity contribution in [3.8, 4) is 5.75 Å². The highest BCUT2D eigenvalue weighted by molar-refractivity contribution is 5.88. The second kappa shape index (κ2) is 11.5. The van der Waals surface area contributed by atoms with Gasteiger partial charge in [0.15, 0.2) is 6.61 Å². The van der Waals surface area contributed by atoms with Crippen LogP contribution in [0.5, 0.6) is 5.75 Å². The monoisotopic (exact) mass is 424 g/mol. The summed E-state index contributed by atoms with van der Waals surface area (Å²) in [5, 5.41) is 3.03. The Hall–Kier alpha value is -2.82. The molecule has 31 heavy (non-hydrogen) atoms. The van der Waals surface area contributed by atoms with Crippen LogP contribution in [0, 0.1) is 20.8 Å². The minimum absolute atomic E-state index is 0.0585. The lowest BCUT2D eigenvalue weighted by Gasteiger charge is -2.32.